The molecule has 18 heavy (non-hydrogen) atoms. The number of rotatable bonds is 5. The Morgan fingerprint density at radius 3 is 2.72 bits per heavy atom. The molecule has 0 bridgehead atoms. The van der Waals surface area contributed by atoms with Crippen molar-refractivity contribution in [2.24, 2.45) is 11.7 Å². The summed E-state index contributed by atoms with van der Waals surface area (Å²) < 4.78 is 1.84. The number of hydrogen-bond acceptors (Lipinski definition) is 2. The van der Waals surface area contributed by atoms with E-state index in [2.05, 4.69) is 57.7 Å². The molecule has 0 spiro atoms. The maximum atomic E-state index is 12.2. The van der Waals surface area contributed by atoms with Gasteiger partial charge in [0, 0.05) is 20.6 Å². The first kappa shape index (κ1) is 15.9. The first-order valence-electron chi connectivity index (χ1n) is 5.90. The third-order valence-corrected chi connectivity index (χ3v) is 3.91. The molecule has 0 saturated heterocycles. The molecular formula is C13H18BrIN2O. The van der Waals surface area contributed by atoms with Gasteiger partial charge in [0.2, 0.25) is 0 Å². The minimum absolute atomic E-state index is 0.0299. The highest BCUT2D eigenvalue weighted by Crippen LogP contribution is 2.19. The summed E-state index contributed by atoms with van der Waals surface area (Å²) in [7, 11) is 0. The molecule has 0 fully saturated rings. The average molecular weight is 425 g/mol. The van der Waals surface area contributed by atoms with E-state index < -0.39 is 0 Å². The molecule has 0 aromatic heterocycles. The topological polar surface area (TPSA) is 55.1 Å². The van der Waals surface area contributed by atoms with Gasteiger partial charge in [-0.05, 0) is 69.1 Å². The molecule has 100 valence electrons. The van der Waals surface area contributed by atoms with Crippen molar-refractivity contribution < 1.29 is 4.79 Å². The van der Waals surface area contributed by atoms with Gasteiger partial charge >= 0.3 is 0 Å². The molecule has 0 aliphatic carbocycles. The summed E-state index contributed by atoms with van der Waals surface area (Å²) in [5.74, 6) is 0.440. The fourth-order valence-electron chi connectivity index (χ4n) is 1.72. The Labute approximate surface area is 130 Å². The van der Waals surface area contributed by atoms with Crippen molar-refractivity contribution in [3.8, 4) is 0 Å². The summed E-state index contributed by atoms with van der Waals surface area (Å²) in [6.07, 6.45) is 0.893. The Morgan fingerprint density at radius 2 is 2.17 bits per heavy atom. The second kappa shape index (κ2) is 7.45. The number of nitrogens with two attached hydrogens (primary N) is 1. The van der Waals surface area contributed by atoms with Crippen LogP contribution in [0.1, 0.15) is 30.6 Å². The minimum Gasteiger partial charge on any atom is -0.348 e. The molecular weight excluding hydrogens is 407 g/mol. The molecule has 0 aliphatic rings. The molecule has 1 amide bonds. The van der Waals surface area contributed by atoms with Crippen LogP contribution in [0.25, 0.3) is 0 Å². The highest BCUT2D eigenvalue weighted by Gasteiger charge is 2.16. The normalized spacial score (nSPS) is 12.6. The lowest BCUT2D eigenvalue weighted by Gasteiger charge is -2.19. The van der Waals surface area contributed by atoms with Gasteiger partial charge in [-0.25, -0.2) is 0 Å². The molecule has 1 atom stereocenters. The Bertz CT molecular complexity index is 423. The maximum absolute atomic E-state index is 12.2. The number of benzene rings is 1. The van der Waals surface area contributed by atoms with Crippen molar-refractivity contribution in [3.63, 3.8) is 0 Å². The molecule has 0 aliphatic heterocycles. The van der Waals surface area contributed by atoms with E-state index in [9.17, 15) is 4.79 Å². The van der Waals surface area contributed by atoms with Gasteiger partial charge in [-0.1, -0.05) is 13.8 Å². The molecule has 1 unspecified atom stereocenters. The van der Waals surface area contributed by atoms with Crippen molar-refractivity contribution in [2.45, 2.75) is 26.3 Å². The van der Waals surface area contributed by atoms with Crippen molar-refractivity contribution >= 4 is 44.4 Å². The van der Waals surface area contributed by atoms with Crippen LogP contribution < -0.4 is 11.1 Å². The van der Waals surface area contributed by atoms with E-state index in [1.54, 1.807) is 0 Å². The largest absolute Gasteiger partial charge is 0.348 e. The fourth-order valence-corrected chi connectivity index (χ4v) is 2.64. The SMILES string of the molecule is CC(C)CC(CN)NC(=O)c1cc(I)ccc1Br. The highest BCUT2D eigenvalue weighted by molar-refractivity contribution is 14.1. The number of carbonyl (C=O) groups is 1. The van der Waals surface area contributed by atoms with Gasteiger partial charge in [0.25, 0.3) is 5.91 Å². The molecule has 5 heteroatoms. The van der Waals surface area contributed by atoms with Gasteiger partial charge in [0.15, 0.2) is 0 Å². The Kier molecular flexibility index (Phi) is 6.59. The first-order chi connectivity index (χ1) is 8.43. The van der Waals surface area contributed by atoms with Crippen molar-refractivity contribution in [1.29, 1.82) is 0 Å². The van der Waals surface area contributed by atoms with E-state index in [1.807, 2.05) is 18.2 Å². The van der Waals surface area contributed by atoms with Crippen LogP contribution in [0.15, 0.2) is 22.7 Å². The standard InChI is InChI=1S/C13H18BrIN2O/c1-8(2)5-10(7-16)17-13(18)11-6-9(15)3-4-12(11)14/h3-4,6,8,10H,5,7,16H2,1-2H3,(H,17,18). The Morgan fingerprint density at radius 1 is 1.50 bits per heavy atom. The van der Waals surface area contributed by atoms with E-state index in [0.717, 1.165) is 14.5 Å². The van der Waals surface area contributed by atoms with Crippen LogP contribution in [0, 0.1) is 9.49 Å². The van der Waals surface area contributed by atoms with E-state index in [1.165, 1.54) is 0 Å². The van der Waals surface area contributed by atoms with E-state index >= 15 is 0 Å². The second-order valence-corrected chi connectivity index (χ2v) is 6.76. The third kappa shape index (κ3) is 4.85. The number of hydrogen-bond donors (Lipinski definition) is 2. The van der Waals surface area contributed by atoms with Crippen LogP contribution in [0.3, 0.4) is 0 Å². The molecule has 1 aromatic rings. The number of amides is 1. The summed E-state index contributed by atoms with van der Waals surface area (Å²) >= 11 is 5.59. The summed E-state index contributed by atoms with van der Waals surface area (Å²) in [4.78, 5) is 12.2. The van der Waals surface area contributed by atoms with E-state index in [4.69, 9.17) is 5.73 Å². The van der Waals surface area contributed by atoms with Gasteiger partial charge in [-0.2, -0.15) is 0 Å². The fraction of sp³-hybridized carbons (Fsp3) is 0.462. The minimum atomic E-state index is -0.0727. The molecule has 1 aromatic carbocycles. The lowest BCUT2D eigenvalue weighted by Crippen LogP contribution is -2.41. The van der Waals surface area contributed by atoms with Crippen LogP contribution in [0.5, 0.6) is 0 Å². The number of carbonyl (C=O) groups excluding carboxylic acids is 1. The number of nitrogens with one attached hydrogen (secondary N) is 1. The average Bonchev–Trinajstić information content (AvgIpc) is 2.30. The number of halogens is 2. The molecule has 0 saturated carbocycles. The van der Waals surface area contributed by atoms with Crippen LogP contribution in [-0.4, -0.2) is 18.5 Å². The Hall–Kier alpha value is -0.140. The molecule has 3 nitrogen and oxygen atoms in total. The predicted molar refractivity (Wildman–Crippen MR) is 86.6 cm³/mol. The van der Waals surface area contributed by atoms with Gasteiger partial charge in [-0.15, -0.1) is 0 Å². The van der Waals surface area contributed by atoms with Gasteiger partial charge in [0.1, 0.15) is 0 Å². The lowest BCUT2D eigenvalue weighted by atomic mass is 10.0. The predicted octanol–water partition coefficient (Wildman–Crippen LogP) is 3.16. The molecule has 0 heterocycles. The van der Waals surface area contributed by atoms with Gasteiger partial charge in [0.05, 0.1) is 5.56 Å². The molecule has 3 N–H and O–H groups in total. The van der Waals surface area contributed by atoms with Gasteiger partial charge < -0.3 is 11.1 Å². The van der Waals surface area contributed by atoms with Crippen molar-refractivity contribution in [1.82, 2.24) is 5.32 Å². The summed E-state index contributed by atoms with van der Waals surface area (Å²) in [6.45, 7) is 4.71. The first-order valence-corrected chi connectivity index (χ1v) is 7.77. The second-order valence-electron chi connectivity index (χ2n) is 4.66. The Balaban J connectivity index is 2.77. The third-order valence-electron chi connectivity index (χ3n) is 2.55. The van der Waals surface area contributed by atoms with Crippen LogP contribution >= 0.6 is 38.5 Å². The zero-order chi connectivity index (χ0) is 13.7. The molecule has 1 rings (SSSR count). The highest BCUT2D eigenvalue weighted by atomic mass is 127. The smallest absolute Gasteiger partial charge is 0.252 e. The lowest BCUT2D eigenvalue weighted by molar-refractivity contribution is 0.0933. The zero-order valence-corrected chi connectivity index (χ0v) is 14.3. The monoisotopic (exact) mass is 424 g/mol. The van der Waals surface area contributed by atoms with Crippen molar-refractivity contribution in [2.75, 3.05) is 6.54 Å². The summed E-state index contributed by atoms with van der Waals surface area (Å²) in [5.41, 5.74) is 6.34. The van der Waals surface area contributed by atoms with Crippen molar-refractivity contribution in [3.05, 3.63) is 31.8 Å². The zero-order valence-electron chi connectivity index (χ0n) is 10.5. The maximum Gasteiger partial charge on any atom is 0.252 e. The van der Waals surface area contributed by atoms with Gasteiger partial charge in [-0.3, -0.25) is 4.79 Å². The van der Waals surface area contributed by atoms with E-state index in [0.29, 0.717) is 18.0 Å². The van der Waals surface area contributed by atoms with Crippen LogP contribution in [-0.2, 0) is 0 Å². The summed E-state index contributed by atoms with van der Waals surface area (Å²) in [5, 5.41) is 2.99. The van der Waals surface area contributed by atoms with Crippen LogP contribution in [0.2, 0.25) is 0 Å². The van der Waals surface area contributed by atoms with E-state index in [-0.39, 0.29) is 11.9 Å². The molecule has 0 radical (unpaired) electrons. The van der Waals surface area contributed by atoms with Crippen LogP contribution in [0.4, 0.5) is 0 Å². The summed E-state index contributed by atoms with van der Waals surface area (Å²) in [6, 6.07) is 5.73. The quantitative estimate of drug-likeness (QED) is 0.713.